The van der Waals surface area contributed by atoms with Gasteiger partial charge in [-0.1, -0.05) is 37.6 Å². The van der Waals surface area contributed by atoms with Crippen LogP contribution in [-0.4, -0.2) is 31.2 Å². The van der Waals surface area contributed by atoms with E-state index in [-0.39, 0.29) is 24.5 Å². The molecule has 8 heteroatoms. The lowest BCUT2D eigenvalue weighted by atomic mass is 10.00. The number of carbonyl (C=O) groups is 3. The monoisotopic (exact) mass is 396 g/mol. The lowest BCUT2D eigenvalue weighted by Gasteiger charge is -2.24. The van der Waals surface area contributed by atoms with Gasteiger partial charge < -0.3 is 20.1 Å². The number of amides is 2. The molecule has 1 aromatic rings. The third-order valence-corrected chi connectivity index (χ3v) is 3.66. The summed E-state index contributed by atoms with van der Waals surface area (Å²) in [5.41, 5.74) is 0.603. The van der Waals surface area contributed by atoms with Crippen LogP contribution in [0.4, 0.5) is 4.79 Å². The van der Waals surface area contributed by atoms with Gasteiger partial charge in [-0.05, 0) is 37.5 Å². The Kier molecular flexibility index (Phi) is 9.08. The van der Waals surface area contributed by atoms with Crippen molar-refractivity contribution in [3.63, 3.8) is 0 Å². The van der Waals surface area contributed by atoms with E-state index in [1.165, 1.54) is 7.11 Å². The van der Waals surface area contributed by atoms with Crippen LogP contribution in [0.25, 0.3) is 0 Å². The van der Waals surface area contributed by atoms with Gasteiger partial charge in [0.05, 0.1) is 19.6 Å². The molecule has 1 rings (SSSR count). The minimum absolute atomic E-state index is 0.122. The highest BCUT2D eigenvalue weighted by Crippen LogP contribution is 2.21. The molecule has 0 bridgehead atoms. The first-order valence-corrected chi connectivity index (χ1v) is 8.86. The molecular formula is C19H25ClN2O5. The number of rotatable bonds is 8. The van der Waals surface area contributed by atoms with Gasteiger partial charge >= 0.3 is 12.1 Å². The number of ether oxygens (including phenoxy) is 2. The summed E-state index contributed by atoms with van der Waals surface area (Å²) in [5, 5.41) is 5.68. The summed E-state index contributed by atoms with van der Waals surface area (Å²) in [4.78, 5) is 36.3. The number of nitrogens with one attached hydrogen (secondary N) is 2. The predicted molar refractivity (Wildman–Crippen MR) is 101 cm³/mol. The van der Waals surface area contributed by atoms with Gasteiger partial charge in [-0.3, -0.25) is 9.59 Å². The maximum absolute atomic E-state index is 12.7. The average Bonchev–Trinajstić information content (AvgIpc) is 2.58. The summed E-state index contributed by atoms with van der Waals surface area (Å²) in [5.74, 6) is -1.34. The SMILES string of the molecule is COC(=O)C[C](NC(=O)[C](NC(=O)OC(C)C)C(C)C)c1ccc(Cl)cc1. The molecule has 7 nitrogen and oxygen atoms in total. The van der Waals surface area contributed by atoms with Crippen molar-refractivity contribution in [2.24, 2.45) is 5.92 Å². The van der Waals surface area contributed by atoms with Crippen molar-refractivity contribution in [3.8, 4) is 0 Å². The molecule has 2 N–H and O–H groups in total. The molecule has 148 valence electrons. The number of methoxy groups -OCH3 is 1. The van der Waals surface area contributed by atoms with Crippen molar-refractivity contribution in [1.29, 1.82) is 0 Å². The number of hydrogen-bond acceptors (Lipinski definition) is 5. The van der Waals surface area contributed by atoms with E-state index >= 15 is 0 Å². The summed E-state index contributed by atoms with van der Waals surface area (Å²) in [6.07, 6.45) is -1.19. The predicted octanol–water partition coefficient (Wildman–Crippen LogP) is 3.22. The number of halogens is 1. The van der Waals surface area contributed by atoms with Crippen molar-refractivity contribution in [3.05, 3.63) is 46.9 Å². The lowest BCUT2D eigenvalue weighted by Crippen LogP contribution is -2.45. The first-order valence-electron chi connectivity index (χ1n) is 8.48. The van der Waals surface area contributed by atoms with Crippen molar-refractivity contribution in [2.75, 3.05) is 7.11 Å². The molecule has 0 spiro atoms. The molecule has 0 aliphatic carbocycles. The first-order chi connectivity index (χ1) is 12.6. The fourth-order valence-electron chi connectivity index (χ4n) is 2.11. The van der Waals surface area contributed by atoms with Crippen LogP contribution in [0.5, 0.6) is 0 Å². The maximum Gasteiger partial charge on any atom is 0.408 e. The second-order valence-corrected chi connectivity index (χ2v) is 6.78. The normalized spacial score (nSPS) is 11.0. The van der Waals surface area contributed by atoms with Crippen LogP contribution in [0.1, 0.15) is 39.7 Å². The van der Waals surface area contributed by atoms with E-state index in [1.807, 2.05) is 0 Å². The largest absolute Gasteiger partial charge is 0.469 e. The van der Waals surface area contributed by atoms with E-state index in [1.54, 1.807) is 52.0 Å². The van der Waals surface area contributed by atoms with Gasteiger partial charge in [0.1, 0.15) is 6.04 Å². The Morgan fingerprint density at radius 2 is 1.63 bits per heavy atom. The molecule has 0 atom stereocenters. The summed E-state index contributed by atoms with van der Waals surface area (Å²) in [6, 6.07) is 7.10. The van der Waals surface area contributed by atoms with Crippen molar-refractivity contribution in [1.82, 2.24) is 10.6 Å². The van der Waals surface area contributed by atoms with Gasteiger partial charge in [0, 0.05) is 5.02 Å². The van der Waals surface area contributed by atoms with Gasteiger partial charge in [0.25, 0.3) is 0 Å². The van der Waals surface area contributed by atoms with Gasteiger partial charge in [-0.2, -0.15) is 0 Å². The fourth-order valence-corrected chi connectivity index (χ4v) is 2.23. The second-order valence-electron chi connectivity index (χ2n) is 6.34. The van der Waals surface area contributed by atoms with Gasteiger partial charge in [0.2, 0.25) is 5.91 Å². The molecule has 0 aromatic heterocycles. The zero-order valence-electron chi connectivity index (χ0n) is 16.1. The highest BCUT2D eigenvalue weighted by Gasteiger charge is 2.30. The summed E-state index contributed by atoms with van der Waals surface area (Å²) >= 11 is 5.89. The zero-order valence-corrected chi connectivity index (χ0v) is 16.8. The van der Waals surface area contributed by atoms with E-state index in [0.717, 1.165) is 0 Å². The zero-order chi connectivity index (χ0) is 20.6. The number of hydrogen-bond donors (Lipinski definition) is 2. The quantitative estimate of drug-likeness (QED) is 0.658. The van der Waals surface area contributed by atoms with Crippen molar-refractivity contribution < 1.29 is 23.9 Å². The molecule has 0 aliphatic rings. The molecule has 0 fully saturated rings. The maximum atomic E-state index is 12.7. The Balaban J connectivity index is 2.95. The van der Waals surface area contributed by atoms with Gasteiger partial charge in [-0.25, -0.2) is 4.79 Å². The number of esters is 1. The molecular weight excluding hydrogens is 372 g/mol. The smallest absolute Gasteiger partial charge is 0.408 e. The van der Waals surface area contributed by atoms with Gasteiger partial charge in [-0.15, -0.1) is 0 Å². The summed E-state index contributed by atoms with van der Waals surface area (Å²) < 4.78 is 9.71. The third-order valence-electron chi connectivity index (χ3n) is 3.41. The standard InChI is InChI=1S/C19H25ClN2O5/c1-11(2)17(22-19(25)27-12(3)4)18(24)21-15(10-16(23)26-5)13-6-8-14(20)9-7-13/h6-9,11-12H,10H2,1-5H3,(H,21,24)(H,22,25). The Hall–Kier alpha value is -2.28. The van der Waals surface area contributed by atoms with Crippen LogP contribution < -0.4 is 10.6 Å². The van der Waals surface area contributed by atoms with E-state index < -0.39 is 18.0 Å². The van der Waals surface area contributed by atoms with Crippen LogP contribution >= 0.6 is 11.6 Å². The Labute approximate surface area is 164 Å². The van der Waals surface area contributed by atoms with E-state index in [0.29, 0.717) is 16.6 Å². The minimum Gasteiger partial charge on any atom is -0.469 e. The molecule has 2 amide bonds. The van der Waals surface area contributed by atoms with Crippen LogP contribution in [0.3, 0.4) is 0 Å². The highest BCUT2D eigenvalue weighted by molar-refractivity contribution is 6.30. The minimum atomic E-state index is -0.718. The third kappa shape index (κ3) is 7.86. The van der Waals surface area contributed by atoms with Gasteiger partial charge in [0.15, 0.2) is 6.04 Å². The topological polar surface area (TPSA) is 93.7 Å². The van der Waals surface area contributed by atoms with Crippen LogP contribution in [0.15, 0.2) is 24.3 Å². The Bertz CT molecular complexity index is 646. The Morgan fingerprint density at radius 1 is 1.04 bits per heavy atom. The van der Waals surface area contributed by atoms with Crippen LogP contribution in [-0.2, 0) is 19.1 Å². The number of benzene rings is 1. The fraction of sp³-hybridized carbons (Fsp3) is 0.421. The molecule has 27 heavy (non-hydrogen) atoms. The van der Waals surface area contributed by atoms with Crippen molar-refractivity contribution in [2.45, 2.75) is 40.2 Å². The average molecular weight is 397 g/mol. The van der Waals surface area contributed by atoms with Crippen LogP contribution in [0, 0.1) is 18.0 Å². The van der Waals surface area contributed by atoms with Crippen molar-refractivity contribution >= 4 is 29.6 Å². The van der Waals surface area contributed by atoms with E-state index in [9.17, 15) is 14.4 Å². The number of carbonyl (C=O) groups excluding carboxylic acids is 3. The van der Waals surface area contributed by atoms with Crippen LogP contribution in [0.2, 0.25) is 5.02 Å². The summed E-state index contributed by atoms with van der Waals surface area (Å²) in [6.45, 7) is 6.93. The van der Waals surface area contributed by atoms with E-state index in [4.69, 9.17) is 21.1 Å². The molecule has 1 aromatic carbocycles. The lowest BCUT2D eigenvalue weighted by molar-refractivity contribution is -0.140. The Morgan fingerprint density at radius 3 is 2.11 bits per heavy atom. The molecule has 2 radical (unpaired) electrons. The highest BCUT2D eigenvalue weighted by atomic mass is 35.5. The first kappa shape index (κ1) is 22.8. The number of alkyl carbamates (subject to hydrolysis) is 1. The molecule has 0 heterocycles. The molecule has 0 saturated carbocycles. The molecule has 0 aliphatic heterocycles. The van der Waals surface area contributed by atoms with E-state index in [2.05, 4.69) is 10.6 Å². The second kappa shape index (κ2) is 10.8. The summed E-state index contributed by atoms with van der Waals surface area (Å²) in [7, 11) is 1.26. The molecule has 0 unspecified atom stereocenters. The molecule has 0 saturated heterocycles.